The summed E-state index contributed by atoms with van der Waals surface area (Å²) in [4.78, 5) is 14.0. The summed E-state index contributed by atoms with van der Waals surface area (Å²) < 4.78 is 26.8. The van der Waals surface area contributed by atoms with Gasteiger partial charge in [-0.3, -0.25) is 4.79 Å². The predicted octanol–water partition coefficient (Wildman–Crippen LogP) is 2.12. The summed E-state index contributed by atoms with van der Waals surface area (Å²) in [5, 5.41) is 4.71. The maximum absolute atomic E-state index is 12.6. The van der Waals surface area contributed by atoms with Crippen LogP contribution in [0, 0.1) is 0 Å². The van der Waals surface area contributed by atoms with Gasteiger partial charge in [0.2, 0.25) is 10.0 Å². The molecule has 1 heterocycles. The van der Waals surface area contributed by atoms with Gasteiger partial charge in [0, 0.05) is 29.0 Å². The molecule has 1 aliphatic carbocycles. The topological polar surface area (TPSA) is 101 Å². The molecule has 3 rings (SSSR count). The molecule has 0 saturated carbocycles. The monoisotopic (exact) mass is 379 g/mol. The number of aryl methyl sites for hydroxylation is 1. The molecule has 1 aliphatic rings. The number of carbonyl (C=O) groups excluding carboxylic acids is 1. The van der Waals surface area contributed by atoms with Gasteiger partial charge < -0.3 is 11.1 Å². The minimum Gasteiger partial charge on any atom is -0.329 e. The van der Waals surface area contributed by atoms with Gasteiger partial charge in [-0.15, -0.1) is 11.3 Å². The molecule has 2 aromatic rings. The van der Waals surface area contributed by atoms with Gasteiger partial charge in [-0.25, -0.2) is 13.1 Å². The number of carbonyl (C=O) groups is 1. The number of nitrogens with two attached hydrogens (primary N) is 1. The molecule has 0 spiro atoms. The summed E-state index contributed by atoms with van der Waals surface area (Å²) in [5.74, 6) is -0.191. The summed E-state index contributed by atoms with van der Waals surface area (Å²) in [6.45, 7) is 0.388. The van der Waals surface area contributed by atoms with E-state index in [9.17, 15) is 13.2 Å². The number of nitrogens with one attached hydrogen (secondary N) is 2. The first kappa shape index (κ1) is 18.1. The lowest BCUT2D eigenvalue weighted by molar-refractivity contribution is 0.102. The highest BCUT2D eigenvalue weighted by Gasteiger charge is 2.20. The number of thiophene rings is 1. The van der Waals surface area contributed by atoms with Crippen LogP contribution in [0.2, 0.25) is 0 Å². The molecular weight excluding hydrogens is 358 g/mol. The number of amides is 1. The third kappa shape index (κ3) is 4.09. The minimum absolute atomic E-state index is 0.103. The Balaban J connectivity index is 1.78. The average molecular weight is 380 g/mol. The number of fused-ring (bicyclic) bond motifs is 1. The van der Waals surface area contributed by atoms with E-state index in [4.69, 9.17) is 5.73 Å². The molecule has 8 heteroatoms. The third-order valence-electron chi connectivity index (χ3n) is 4.14. The van der Waals surface area contributed by atoms with Gasteiger partial charge in [-0.2, -0.15) is 0 Å². The first-order chi connectivity index (χ1) is 12.0. The first-order valence-electron chi connectivity index (χ1n) is 8.21. The predicted molar refractivity (Wildman–Crippen MR) is 99.6 cm³/mol. The maximum atomic E-state index is 12.6. The number of hydrogen-bond donors (Lipinski definition) is 3. The lowest BCUT2D eigenvalue weighted by Crippen LogP contribution is -2.29. The van der Waals surface area contributed by atoms with E-state index in [-0.39, 0.29) is 23.9 Å². The quantitative estimate of drug-likeness (QED) is 0.715. The number of hydrogen-bond acceptors (Lipinski definition) is 5. The Morgan fingerprint density at radius 1 is 1.24 bits per heavy atom. The highest BCUT2D eigenvalue weighted by atomic mass is 32.2. The fraction of sp³-hybridized carbons (Fsp3) is 0.353. The number of rotatable bonds is 6. The Bertz CT molecular complexity index is 875. The highest BCUT2D eigenvalue weighted by molar-refractivity contribution is 7.89. The van der Waals surface area contributed by atoms with E-state index in [1.165, 1.54) is 23.4 Å². The summed E-state index contributed by atoms with van der Waals surface area (Å²) in [6.07, 6.45) is 4.24. The normalized spacial score (nSPS) is 14.1. The molecule has 1 aromatic carbocycles. The van der Waals surface area contributed by atoms with E-state index in [1.54, 1.807) is 23.5 Å². The Kier molecular flexibility index (Phi) is 5.53. The average Bonchev–Trinajstić information content (AvgIpc) is 3.04. The minimum atomic E-state index is -3.63. The van der Waals surface area contributed by atoms with Crippen LogP contribution in [0.15, 0.2) is 34.5 Å². The van der Waals surface area contributed by atoms with E-state index in [2.05, 4.69) is 10.0 Å². The molecule has 4 N–H and O–H groups in total. The van der Waals surface area contributed by atoms with Crippen molar-refractivity contribution >= 4 is 33.0 Å². The Hall–Kier alpha value is -1.74. The lowest BCUT2D eigenvalue weighted by atomic mass is 9.95. The van der Waals surface area contributed by atoms with Crippen molar-refractivity contribution in [1.29, 1.82) is 0 Å². The second-order valence-corrected chi connectivity index (χ2v) is 8.66. The van der Waals surface area contributed by atoms with Crippen molar-refractivity contribution < 1.29 is 13.2 Å². The molecule has 6 nitrogen and oxygen atoms in total. The smallest absolute Gasteiger partial charge is 0.256 e. The van der Waals surface area contributed by atoms with Crippen LogP contribution in [-0.2, 0) is 22.9 Å². The fourth-order valence-electron chi connectivity index (χ4n) is 2.90. The standard InChI is InChI=1S/C17H21N3O3S2/c18-8-9-19-25(22,23)13-5-3-4-12(10-13)20-17(21)15-11-24-16-7-2-1-6-14(15)16/h3-5,10-11,19H,1-2,6-9,18H2,(H,20,21). The zero-order chi connectivity index (χ0) is 17.9. The van der Waals surface area contributed by atoms with Gasteiger partial charge in [-0.05, 0) is 49.4 Å². The number of benzene rings is 1. The lowest BCUT2D eigenvalue weighted by Gasteiger charge is -2.13. The summed E-state index contributed by atoms with van der Waals surface area (Å²) in [6, 6.07) is 6.23. The second kappa shape index (κ2) is 7.65. The SMILES string of the molecule is NCCNS(=O)(=O)c1cccc(NC(=O)c2csc3c2CCCC3)c1. The number of anilines is 1. The molecule has 0 atom stereocenters. The van der Waals surface area contributed by atoms with Gasteiger partial charge >= 0.3 is 0 Å². The first-order valence-corrected chi connectivity index (χ1v) is 10.6. The van der Waals surface area contributed by atoms with Crippen LogP contribution >= 0.6 is 11.3 Å². The summed E-state index contributed by atoms with van der Waals surface area (Å²) >= 11 is 1.63. The Morgan fingerprint density at radius 2 is 2.04 bits per heavy atom. The summed E-state index contributed by atoms with van der Waals surface area (Å²) in [7, 11) is -3.63. The zero-order valence-electron chi connectivity index (χ0n) is 13.7. The van der Waals surface area contributed by atoms with E-state index in [1.807, 2.05) is 5.38 Å². The molecule has 0 fully saturated rings. The van der Waals surface area contributed by atoms with E-state index < -0.39 is 10.0 Å². The maximum Gasteiger partial charge on any atom is 0.256 e. The van der Waals surface area contributed by atoms with Crippen LogP contribution in [0.5, 0.6) is 0 Å². The van der Waals surface area contributed by atoms with Crippen molar-refractivity contribution in [2.45, 2.75) is 30.6 Å². The molecule has 0 aliphatic heterocycles. The molecule has 25 heavy (non-hydrogen) atoms. The highest BCUT2D eigenvalue weighted by Crippen LogP contribution is 2.30. The number of sulfonamides is 1. The van der Waals surface area contributed by atoms with E-state index in [0.29, 0.717) is 11.3 Å². The van der Waals surface area contributed by atoms with Crippen LogP contribution in [-0.4, -0.2) is 27.4 Å². The van der Waals surface area contributed by atoms with Crippen molar-refractivity contribution in [1.82, 2.24) is 4.72 Å². The van der Waals surface area contributed by atoms with Crippen LogP contribution < -0.4 is 15.8 Å². The molecule has 0 unspecified atom stereocenters. The van der Waals surface area contributed by atoms with E-state index in [0.717, 1.165) is 24.8 Å². The third-order valence-corrected chi connectivity index (χ3v) is 6.69. The summed E-state index contributed by atoms with van der Waals surface area (Å²) in [5.41, 5.74) is 7.64. The zero-order valence-corrected chi connectivity index (χ0v) is 15.4. The largest absolute Gasteiger partial charge is 0.329 e. The van der Waals surface area contributed by atoms with Gasteiger partial charge in [0.25, 0.3) is 5.91 Å². The molecule has 134 valence electrons. The fourth-order valence-corrected chi connectivity index (χ4v) is 5.12. The van der Waals surface area contributed by atoms with Crippen molar-refractivity contribution in [3.8, 4) is 0 Å². The molecular formula is C17H21N3O3S2. The van der Waals surface area contributed by atoms with Crippen LogP contribution in [0.4, 0.5) is 5.69 Å². The van der Waals surface area contributed by atoms with Crippen LogP contribution in [0.3, 0.4) is 0 Å². The van der Waals surface area contributed by atoms with Gasteiger partial charge in [-0.1, -0.05) is 6.07 Å². The van der Waals surface area contributed by atoms with Crippen molar-refractivity contribution in [2.24, 2.45) is 5.73 Å². The van der Waals surface area contributed by atoms with Gasteiger partial charge in [0.1, 0.15) is 0 Å². The van der Waals surface area contributed by atoms with Crippen LogP contribution in [0.1, 0.15) is 33.6 Å². The van der Waals surface area contributed by atoms with Crippen LogP contribution in [0.25, 0.3) is 0 Å². The Labute approximate surface area is 151 Å². The van der Waals surface area contributed by atoms with E-state index >= 15 is 0 Å². The molecule has 0 radical (unpaired) electrons. The van der Waals surface area contributed by atoms with Crippen molar-refractivity contribution in [3.05, 3.63) is 45.6 Å². The van der Waals surface area contributed by atoms with Gasteiger partial charge in [0.15, 0.2) is 0 Å². The molecule has 0 bridgehead atoms. The van der Waals surface area contributed by atoms with Crippen molar-refractivity contribution in [3.63, 3.8) is 0 Å². The molecule has 1 aromatic heterocycles. The molecule has 0 saturated heterocycles. The van der Waals surface area contributed by atoms with Gasteiger partial charge in [0.05, 0.1) is 10.5 Å². The second-order valence-electron chi connectivity index (χ2n) is 5.93. The van der Waals surface area contributed by atoms with Crippen molar-refractivity contribution in [2.75, 3.05) is 18.4 Å². The molecule has 1 amide bonds. The Morgan fingerprint density at radius 3 is 2.84 bits per heavy atom.